The minimum absolute atomic E-state index is 0.0879. The van der Waals surface area contributed by atoms with E-state index in [1.807, 2.05) is 30.3 Å². The zero-order valence-electron chi connectivity index (χ0n) is 16.1. The third-order valence-electron chi connectivity index (χ3n) is 4.59. The van der Waals surface area contributed by atoms with Gasteiger partial charge in [-0.1, -0.05) is 30.3 Å². The van der Waals surface area contributed by atoms with Gasteiger partial charge in [0.05, 0.1) is 18.1 Å². The molecule has 2 aromatic rings. The molecule has 0 bridgehead atoms. The van der Waals surface area contributed by atoms with Gasteiger partial charge in [-0.25, -0.2) is 9.59 Å². The summed E-state index contributed by atoms with van der Waals surface area (Å²) in [6, 6.07) is 14.4. The van der Waals surface area contributed by atoms with Gasteiger partial charge >= 0.3 is 11.9 Å². The van der Waals surface area contributed by atoms with E-state index in [1.165, 1.54) is 0 Å². The number of fused-ring (bicyclic) bond motifs is 1. The summed E-state index contributed by atoms with van der Waals surface area (Å²) < 4.78 is 16.1. The van der Waals surface area contributed by atoms with Gasteiger partial charge < -0.3 is 14.2 Å². The van der Waals surface area contributed by atoms with Crippen molar-refractivity contribution in [3.8, 4) is 5.75 Å². The third-order valence-corrected chi connectivity index (χ3v) is 4.59. The number of ketones is 1. The Morgan fingerprint density at radius 1 is 1.11 bits per heavy atom. The van der Waals surface area contributed by atoms with E-state index in [0.29, 0.717) is 17.9 Å². The molecule has 1 atom stereocenters. The number of rotatable bonds is 6. The zero-order chi connectivity index (χ0) is 20.3. The van der Waals surface area contributed by atoms with E-state index < -0.39 is 29.2 Å². The summed E-state index contributed by atoms with van der Waals surface area (Å²) in [4.78, 5) is 37.2. The van der Waals surface area contributed by atoms with Crippen LogP contribution in [0, 0.1) is 0 Å². The molecule has 0 amide bonds. The highest BCUT2D eigenvalue weighted by molar-refractivity contribution is 6.36. The highest BCUT2D eigenvalue weighted by atomic mass is 16.6. The van der Waals surface area contributed by atoms with Crippen molar-refractivity contribution >= 4 is 17.7 Å². The van der Waals surface area contributed by atoms with Crippen molar-refractivity contribution in [1.29, 1.82) is 0 Å². The number of cyclic esters (lactones) is 1. The van der Waals surface area contributed by atoms with E-state index >= 15 is 0 Å². The van der Waals surface area contributed by atoms with Crippen LogP contribution in [-0.2, 0) is 25.7 Å². The Hall–Kier alpha value is -3.15. The standard InChI is InChI=1S/C22H22O6/c1-4-26-21(25)19(23)18-17-12-15(27-13-14-8-6-5-7-9-14)10-11-16(17)20(24)28-22(18,2)3/h5-12,18H,4,13H2,1-3H3. The largest absolute Gasteiger partial charge is 0.489 e. The minimum Gasteiger partial charge on any atom is -0.489 e. The maximum Gasteiger partial charge on any atom is 0.375 e. The normalized spacial score (nSPS) is 17.2. The fourth-order valence-corrected chi connectivity index (χ4v) is 3.30. The van der Waals surface area contributed by atoms with Crippen LogP contribution < -0.4 is 4.74 Å². The average molecular weight is 382 g/mol. The first-order valence-electron chi connectivity index (χ1n) is 9.08. The molecule has 0 fully saturated rings. The van der Waals surface area contributed by atoms with Gasteiger partial charge in [-0.15, -0.1) is 0 Å². The molecule has 6 heteroatoms. The molecule has 1 aliphatic heterocycles. The number of benzene rings is 2. The molecule has 28 heavy (non-hydrogen) atoms. The lowest BCUT2D eigenvalue weighted by Crippen LogP contribution is -2.46. The maximum atomic E-state index is 12.8. The molecule has 0 saturated heterocycles. The highest BCUT2D eigenvalue weighted by Crippen LogP contribution is 2.41. The highest BCUT2D eigenvalue weighted by Gasteiger charge is 2.48. The quantitative estimate of drug-likeness (QED) is 0.563. The predicted molar refractivity (Wildman–Crippen MR) is 101 cm³/mol. The lowest BCUT2D eigenvalue weighted by atomic mass is 9.77. The first kappa shape index (κ1) is 19.6. The maximum absolute atomic E-state index is 12.8. The number of carbonyl (C=O) groups excluding carboxylic acids is 3. The van der Waals surface area contributed by atoms with Crippen molar-refractivity contribution in [2.75, 3.05) is 6.61 Å². The number of hydrogen-bond acceptors (Lipinski definition) is 6. The van der Waals surface area contributed by atoms with Crippen LogP contribution in [0.1, 0.15) is 48.2 Å². The topological polar surface area (TPSA) is 78.9 Å². The van der Waals surface area contributed by atoms with Crippen LogP contribution in [0.25, 0.3) is 0 Å². The van der Waals surface area contributed by atoms with Gasteiger partial charge in [0.15, 0.2) is 0 Å². The molecule has 0 spiro atoms. The lowest BCUT2D eigenvalue weighted by molar-refractivity contribution is -0.157. The number of hydrogen-bond donors (Lipinski definition) is 0. The van der Waals surface area contributed by atoms with Crippen LogP contribution >= 0.6 is 0 Å². The second-order valence-electron chi connectivity index (χ2n) is 7.03. The van der Waals surface area contributed by atoms with Crippen LogP contribution in [0.5, 0.6) is 5.75 Å². The first-order valence-corrected chi connectivity index (χ1v) is 9.08. The number of esters is 2. The predicted octanol–water partition coefficient (Wildman–Crippen LogP) is 3.43. The molecule has 0 saturated carbocycles. The monoisotopic (exact) mass is 382 g/mol. The summed E-state index contributed by atoms with van der Waals surface area (Å²) in [5.41, 5.74) is 0.449. The molecule has 0 aromatic heterocycles. The Labute approximate surface area is 163 Å². The summed E-state index contributed by atoms with van der Waals surface area (Å²) in [5.74, 6) is -2.71. The molecule has 6 nitrogen and oxygen atoms in total. The Bertz CT molecular complexity index is 900. The molecule has 1 heterocycles. The van der Waals surface area contributed by atoms with E-state index in [4.69, 9.17) is 14.2 Å². The van der Waals surface area contributed by atoms with E-state index in [2.05, 4.69) is 0 Å². The van der Waals surface area contributed by atoms with Crippen LogP contribution in [-0.4, -0.2) is 29.9 Å². The zero-order valence-corrected chi connectivity index (χ0v) is 16.1. The lowest BCUT2D eigenvalue weighted by Gasteiger charge is -2.37. The molecule has 0 radical (unpaired) electrons. The Morgan fingerprint density at radius 3 is 2.50 bits per heavy atom. The van der Waals surface area contributed by atoms with Gasteiger partial charge in [0.1, 0.15) is 18.0 Å². The first-order chi connectivity index (χ1) is 13.3. The smallest absolute Gasteiger partial charge is 0.375 e. The SMILES string of the molecule is CCOC(=O)C(=O)C1c2cc(OCc3ccccc3)ccc2C(=O)OC1(C)C. The van der Waals surface area contributed by atoms with Gasteiger partial charge in [-0.2, -0.15) is 0 Å². The van der Waals surface area contributed by atoms with Gasteiger partial charge in [-0.05, 0) is 50.1 Å². The summed E-state index contributed by atoms with van der Waals surface area (Å²) >= 11 is 0. The Balaban J connectivity index is 1.94. The van der Waals surface area contributed by atoms with Gasteiger partial charge in [0, 0.05) is 0 Å². The molecule has 0 aliphatic carbocycles. The number of carbonyl (C=O) groups is 3. The fraction of sp³-hybridized carbons (Fsp3) is 0.318. The summed E-state index contributed by atoms with van der Waals surface area (Å²) in [7, 11) is 0. The van der Waals surface area contributed by atoms with Crippen molar-refractivity contribution in [2.24, 2.45) is 0 Å². The third kappa shape index (κ3) is 3.91. The fourth-order valence-electron chi connectivity index (χ4n) is 3.30. The Kier molecular flexibility index (Phi) is 5.49. The van der Waals surface area contributed by atoms with Gasteiger partial charge in [0.2, 0.25) is 0 Å². The van der Waals surface area contributed by atoms with Gasteiger partial charge in [-0.3, -0.25) is 4.79 Å². The second kappa shape index (κ2) is 7.84. The minimum atomic E-state index is -1.19. The van der Waals surface area contributed by atoms with Crippen molar-refractivity contribution in [3.05, 3.63) is 65.2 Å². The summed E-state index contributed by atoms with van der Waals surface area (Å²) in [6.07, 6.45) is 0. The van der Waals surface area contributed by atoms with E-state index in [1.54, 1.807) is 39.0 Å². The van der Waals surface area contributed by atoms with Crippen molar-refractivity contribution < 1.29 is 28.6 Å². The van der Waals surface area contributed by atoms with Crippen LogP contribution in [0.3, 0.4) is 0 Å². The van der Waals surface area contributed by atoms with E-state index in [-0.39, 0.29) is 12.2 Å². The van der Waals surface area contributed by atoms with Crippen molar-refractivity contribution in [3.63, 3.8) is 0 Å². The van der Waals surface area contributed by atoms with Gasteiger partial charge in [0.25, 0.3) is 5.78 Å². The number of ether oxygens (including phenoxy) is 3. The molecule has 146 valence electrons. The van der Waals surface area contributed by atoms with Crippen molar-refractivity contribution in [1.82, 2.24) is 0 Å². The van der Waals surface area contributed by atoms with E-state index in [9.17, 15) is 14.4 Å². The average Bonchev–Trinajstić information content (AvgIpc) is 2.66. The summed E-state index contributed by atoms with van der Waals surface area (Å²) in [6.45, 7) is 5.26. The molecular formula is C22H22O6. The van der Waals surface area contributed by atoms with E-state index in [0.717, 1.165) is 5.56 Å². The number of Topliss-reactive ketones (excluding diaryl/α,β-unsaturated/α-hetero) is 1. The van der Waals surface area contributed by atoms with Crippen molar-refractivity contribution in [2.45, 2.75) is 38.9 Å². The van der Waals surface area contributed by atoms with Crippen LogP contribution in [0.4, 0.5) is 0 Å². The second-order valence-corrected chi connectivity index (χ2v) is 7.03. The van der Waals surface area contributed by atoms with Crippen LogP contribution in [0.2, 0.25) is 0 Å². The Morgan fingerprint density at radius 2 is 1.82 bits per heavy atom. The molecule has 1 unspecified atom stereocenters. The molecule has 1 aliphatic rings. The molecule has 0 N–H and O–H groups in total. The molecule has 2 aromatic carbocycles. The molecule has 3 rings (SSSR count). The summed E-state index contributed by atoms with van der Waals surface area (Å²) in [5, 5.41) is 0. The molecular weight excluding hydrogens is 360 g/mol. The van der Waals surface area contributed by atoms with Crippen LogP contribution in [0.15, 0.2) is 48.5 Å².